The van der Waals surface area contributed by atoms with Crippen LogP contribution in [0.2, 0.25) is 0 Å². The molecule has 0 saturated heterocycles. The Bertz CT molecular complexity index is 973. The molecule has 1 aromatic carbocycles. The lowest BCUT2D eigenvalue weighted by Gasteiger charge is -2.10. The summed E-state index contributed by atoms with van der Waals surface area (Å²) >= 11 is 0. The number of hydrogen-bond donors (Lipinski definition) is 1. The maximum absolute atomic E-state index is 14.1. The number of nitrogens with one attached hydrogen (secondary N) is 1. The number of halogens is 3. The molecule has 0 bridgehead atoms. The van der Waals surface area contributed by atoms with Gasteiger partial charge < -0.3 is 10.1 Å². The van der Waals surface area contributed by atoms with Crippen LogP contribution < -0.4 is 10.1 Å². The number of benzene rings is 1. The highest BCUT2D eigenvalue weighted by molar-refractivity contribution is 6.04. The van der Waals surface area contributed by atoms with E-state index >= 15 is 0 Å². The molecule has 0 aliphatic rings. The van der Waals surface area contributed by atoms with Gasteiger partial charge in [0.05, 0.1) is 30.8 Å². The lowest BCUT2D eigenvalue weighted by molar-refractivity contribution is 0.102. The molecule has 10 heteroatoms. The van der Waals surface area contributed by atoms with E-state index in [4.69, 9.17) is 0 Å². The smallest absolute Gasteiger partial charge is 0.258 e. The quantitative estimate of drug-likeness (QED) is 0.721. The molecule has 7 nitrogen and oxygen atoms in total. The summed E-state index contributed by atoms with van der Waals surface area (Å²) in [5, 5.41) is 2.31. The van der Waals surface area contributed by atoms with Gasteiger partial charge in [-0.2, -0.15) is 4.39 Å². The summed E-state index contributed by atoms with van der Waals surface area (Å²) in [6.07, 6.45) is 5.81. The van der Waals surface area contributed by atoms with Crippen molar-refractivity contribution >= 4 is 11.6 Å². The van der Waals surface area contributed by atoms with Crippen molar-refractivity contribution in [2.24, 2.45) is 0 Å². The molecular formula is C16H12F3N5O2. The highest BCUT2D eigenvalue weighted by Crippen LogP contribution is 2.27. The molecule has 2 heterocycles. The van der Waals surface area contributed by atoms with Crippen LogP contribution in [0.25, 0.3) is 5.95 Å². The van der Waals surface area contributed by atoms with Gasteiger partial charge in [-0.1, -0.05) is 0 Å². The minimum atomic E-state index is -1.51. The van der Waals surface area contributed by atoms with E-state index < -0.39 is 34.7 Å². The first-order valence-corrected chi connectivity index (χ1v) is 7.27. The third kappa shape index (κ3) is 3.08. The van der Waals surface area contributed by atoms with E-state index in [0.29, 0.717) is 17.8 Å². The Labute approximate surface area is 145 Å². The predicted octanol–water partition coefficient (Wildman–Crippen LogP) is 2.65. The van der Waals surface area contributed by atoms with Gasteiger partial charge in [-0.3, -0.25) is 9.36 Å². The molecule has 0 fully saturated rings. The summed E-state index contributed by atoms with van der Waals surface area (Å²) in [5.74, 6) is -5.22. The van der Waals surface area contributed by atoms with Crippen molar-refractivity contribution in [2.75, 3.05) is 12.4 Å². The third-order valence-corrected chi connectivity index (χ3v) is 3.50. The summed E-state index contributed by atoms with van der Waals surface area (Å²) < 4.78 is 47.2. The van der Waals surface area contributed by atoms with Crippen molar-refractivity contribution in [1.29, 1.82) is 0 Å². The number of carbonyl (C=O) groups is 1. The van der Waals surface area contributed by atoms with Crippen LogP contribution in [0.5, 0.6) is 5.75 Å². The lowest BCUT2D eigenvalue weighted by atomic mass is 10.1. The Morgan fingerprint density at radius 1 is 1.15 bits per heavy atom. The molecular weight excluding hydrogens is 351 g/mol. The number of ether oxygens (including phenoxy) is 1. The van der Waals surface area contributed by atoms with Crippen LogP contribution in [0.3, 0.4) is 0 Å². The zero-order valence-corrected chi connectivity index (χ0v) is 13.6. The number of hydrogen-bond acceptors (Lipinski definition) is 5. The number of anilines is 1. The van der Waals surface area contributed by atoms with Crippen LogP contribution in [0, 0.1) is 24.4 Å². The molecule has 0 atom stereocenters. The van der Waals surface area contributed by atoms with Gasteiger partial charge >= 0.3 is 0 Å². The van der Waals surface area contributed by atoms with Crippen LogP contribution >= 0.6 is 0 Å². The summed E-state index contributed by atoms with van der Waals surface area (Å²) in [6.45, 7) is 1.76. The third-order valence-electron chi connectivity index (χ3n) is 3.50. The van der Waals surface area contributed by atoms with E-state index in [1.54, 1.807) is 23.9 Å². The van der Waals surface area contributed by atoms with E-state index in [1.807, 2.05) is 0 Å². The average molecular weight is 363 g/mol. The van der Waals surface area contributed by atoms with Gasteiger partial charge in [0.1, 0.15) is 5.82 Å². The van der Waals surface area contributed by atoms with Gasteiger partial charge in [0.15, 0.2) is 17.4 Å². The van der Waals surface area contributed by atoms with Gasteiger partial charge in [0, 0.05) is 12.4 Å². The molecule has 0 radical (unpaired) electrons. The minimum Gasteiger partial charge on any atom is -0.491 e. The molecule has 26 heavy (non-hydrogen) atoms. The fourth-order valence-corrected chi connectivity index (χ4v) is 2.22. The molecule has 3 rings (SSSR count). The summed E-state index contributed by atoms with van der Waals surface area (Å²) in [5.41, 5.74) is -0.574. The first-order valence-electron chi connectivity index (χ1n) is 7.27. The van der Waals surface area contributed by atoms with Gasteiger partial charge in [0.25, 0.3) is 5.91 Å². The van der Waals surface area contributed by atoms with E-state index in [0.717, 1.165) is 7.11 Å². The summed E-state index contributed by atoms with van der Waals surface area (Å²) in [7, 11) is 0.966. The Balaban J connectivity index is 1.85. The highest BCUT2D eigenvalue weighted by Gasteiger charge is 2.23. The van der Waals surface area contributed by atoms with Crippen LogP contribution in [-0.2, 0) is 0 Å². The van der Waals surface area contributed by atoms with E-state index in [9.17, 15) is 18.0 Å². The van der Waals surface area contributed by atoms with Crippen molar-refractivity contribution in [3.05, 3.63) is 59.7 Å². The number of aryl methyl sites for hydroxylation is 1. The van der Waals surface area contributed by atoms with Crippen molar-refractivity contribution in [3.8, 4) is 11.7 Å². The zero-order chi connectivity index (χ0) is 18.8. The average Bonchev–Trinajstić information content (AvgIpc) is 3.05. The van der Waals surface area contributed by atoms with Crippen molar-refractivity contribution in [2.45, 2.75) is 6.92 Å². The number of imidazole rings is 1. The van der Waals surface area contributed by atoms with E-state index in [1.165, 1.54) is 12.4 Å². The molecule has 1 N–H and O–H groups in total. The second-order valence-electron chi connectivity index (χ2n) is 5.14. The number of methoxy groups -OCH3 is 1. The maximum Gasteiger partial charge on any atom is 0.258 e. The number of aromatic nitrogens is 4. The lowest BCUT2D eigenvalue weighted by Crippen LogP contribution is -2.16. The maximum atomic E-state index is 14.1. The van der Waals surface area contributed by atoms with Gasteiger partial charge in [-0.05, 0) is 13.0 Å². The normalized spacial score (nSPS) is 10.7. The Hall–Kier alpha value is -3.43. The first kappa shape index (κ1) is 17.4. The van der Waals surface area contributed by atoms with Crippen molar-refractivity contribution < 1.29 is 22.7 Å². The monoisotopic (exact) mass is 363 g/mol. The molecule has 0 spiro atoms. The molecule has 0 aliphatic heterocycles. The largest absolute Gasteiger partial charge is 0.491 e. The Morgan fingerprint density at radius 3 is 2.42 bits per heavy atom. The number of nitrogens with zero attached hydrogens (tertiary/aromatic N) is 4. The highest BCUT2D eigenvalue weighted by atomic mass is 19.2. The molecule has 2 aromatic heterocycles. The molecule has 1 amide bonds. The fourth-order valence-electron chi connectivity index (χ4n) is 2.22. The second-order valence-corrected chi connectivity index (χ2v) is 5.14. The molecule has 0 aliphatic carbocycles. The van der Waals surface area contributed by atoms with Gasteiger partial charge in [0.2, 0.25) is 11.8 Å². The first-order chi connectivity index (χ1) is 12.4. The van der Waals surface area contributed by atoms with Gasteiger partial charge in [-0.15, -0.1) is 0 Å². The minimum absolute atomic E-state index is 0.139. The van der Waals surface area contributed by atoms with E-state index in [-0.39, 0.29) is 5.69 Å². The van der Waals surface area contributed by atoms with Crippen LogP contribution in [-0.4, -0.2) is 32.5 Å². The van der Waals surface area contributed by atoms with Crippen molar-refractivity contribution in [1.82, 2.24) is 19.5 Å². The number of rotatable bonds is 4. The second kappa shape index (κ2) is 6.82. The Morgan fingerprint density at radius 2 is 1.85 bits per heavy atom. The van der Waals surface area contributed by atoms with Crippen molar-refractivity contribution in [3.63, 3.8) is 0 Å². The standard InChI is InChI=1S/C16H12F3N5O2/c1-8-20-3-4-24(8)16-21-6-9(7-22-16)23-15(25)10-5-11(17)13(19)14(26-2)12(10)18/h3-7H,1-2H3,(H,23,25). The zero-order valence-electron chi connectivity index (χ0n) is 13.6. The fraction of sp³-hybridized carbons (Fsp3) is 0.125. The SMILES string of the molecule is COc1c(F)c(F)cc(C(=O)Nc2cnc(-n3ccnc3C)nc2)c1F. The van der Waals surface area contributed by atoms with Gasteiger partial charge in [-0.25, -0.2) is 23.7 Å². The Kier molecular flexibility index (Phi) is 4.57. The number of carbonyl (C=O) groups excluding carboxylic acids is 1. The topological polar surface area (TPSA) is 81.9 Å². The van der Waals surface area contributed by atoms with Crippen LogP contribution in [0.15, 0.2) is 30.9 Å². The predicted molar refractivity (Wildman–Crippen MR) is 84.7 cm³/mol. The number of amides is 1. The molecule has 0 saturated carbocycles. The molecule has 134 valence electrons. The molecule has 0 unspecified atom stereocenters. The van der Waals surface area contributed by atoms with Crippen LogP contribution in [0.1, 0.15) is 16.2 Å². The van der Waals surface area contributed by atoms with Crippen LogP contribution in [0.4, 0.5) is 18.9 Å². The van der Waals surface area contributed by atoms with E-state index in [2.05, 4.69) is 25.0 Å². The summed E-state index contributed by atoms with van der Waals surface area (Å²) in [6, 6.07) is 0.451. The molecule has 3 aromatic rings. The summed E-state index contributed by atoms with van der Waals surface area (Å²) in [4.78, 5) is 24.3.